The van der Waals surface area contributed by atoms with E-state index in [9.17, 15) is 13.2 Å². The van der Waals surface area contributed by atoms with Gasteiger partial charge in [0.2, 0.25) is 5.88 Å². The number of anilines is 1. The van der Waals surface area contributed by atoms with Gasteiger partial charge in [-0.3, -0.25) is 0 Å². The highest BCUT2D eigenvalue weighted by Crippen LogP contribution is 2.34. The van der Waals surface area contributed by atoms with E-state index in [-0.39, 0.29) is 18.1 Å². The quantitative estimate of drug-likeness (QED) is 0.761. The zero-order valence-corrected chi connectivity index (χ0v) is 17.4. The van der Waals surface area contributed by atoms with Crippen LogP contribution in [0.4, 0.5) is 18.9 Å². The number of nitrogens with zero attached hydrogens (tertiary/aromatic N) is 2. The minimum absolute atomic E-state index is 0.0299. The molecule has 9 heteroatoms. The van der Waals surface area contributed by atoms with Crippen LogP contribution in [0.3, 0.4) is 0 Å². The number of pyridine rings is 1. The Hall–Kier alpha value is -2.36. The zero-order chi connectivity index (χ0) is 22.3. The minimum atomic E-state index is -4.50. The maximum Gasteiger partial charge on any atom is 0.433 e. The first-order valence-corrected chi connectivity index (χ1v) is 10.3. The van der Waals surface area contributed by atoms with Crippen molar-refractivity contribution < 1.29 is 27.8 Å². The van der Waals surface area contributed by atoms with E-state index in [1.807, 2.05) is 12.1 Å². The van der Waals surface area contributed by atoms with Gasteiger partial charge in [-0.15, -0.1) is 0 Å². The number of piperazine rings is 1. The fourth-order valence-electron chi connectivity index (χ4n) is 3.78. The number of hydrogen-bond acceptors (Lipinski definition) is 6. The number of aliphatic hydroxyl groups is 1. The Morgan fingerprint density at radius 2 is 1.81 bits per heavy atom. The highest BCUT2D eigenvalue weighted by Gasteiger charge is 2.34. The van der Waals surface area contributed by atoms with Gasteiger partial charge in [-0.05, 0) is 36.6 Å². The molecule has 0 spiro atoms. The molecule has 2 aromatic rings. The lowest BCUT2D eigenvalue weighted by Gasteiger charge is -2.33. The average Bonchev–Trinajstić information content (AvgIpc) is 2.81. The van der Waals surface area contributed by atoms with Crippen LogP contribution >= 0.6 is 0 Å². The summed E-state index contributed by atoms with van der Waals surface area (Å²) in [7, 11) is 1.00. The molecular formula is C22H28F3N3O3. The lowest BCUT2D eigenvalue weighted by atomic mass is 9.98. The molecule has 0 aliphatic carbocycles. The minimum Gasteiger partial charge on any atom is -0.471 e. The number of aliphatic hydroxyl groups excluding tert-OH is 1. The highest BCUT2D eigenvalue weighted by atomic mass is 19.4. The normalized spacial score (nSPS) is 21.8. The number of ether oxygens (including phenoxy) is 2. The van der Waals surface area contributed by atoms with Crippen LogP contribution < -0.4 is 15.0 Å². The summed E-state index contributed by atoms with van der Waals surface area (Å²) in [5, 5.41) is 10.3. The van der Waals surface area contributed by atoms with Crippen LogP contribution in [-0.4, -0.2) is 56.1 Å². The predicted octanol–water partition coefficient (Wildman–Crippen LogP) is 3.42. The maximum absolute atomic E-state index is 12.9. The molecule has 2 N–H and O–H groups in total. The first-order chi connectivity index (χ1) is 15.0. The van der Waals surface area contributed by atoms with E-state index in [0.29, 0.717) is 13.0 Å². The molecule has 3 heterocycles. The number of hydrogen-bond donors (Lipinski definition) is 2. The molecule has 0 saturated carbocycles. The largest absolute Gasteiger partial charge is 0.471 e. The smallest absolute Gasteiger partial charge is 0.433 e. The van der Waals surface area contributed by atoms with Gasteiger partial charge in [-0.2, -0.15) is 13.2 Å². The monoisotopic (exact) mass is 439 g/mol. The first-order valence-electron chi connectivity index (χ1n) is 10.3. The number of halogens is 3. The number of nitrogens with one attached hydrogen (secondary N) is 1. The molecule has 31 heavy (non-hydrogen) atoms. The molecule has 2 saturated heterocycles. The summed E-state index contributed by atoms with van der Waals surface area (Å²) in [6.45, 7) is 4.46. The van der Waals surface area contributed by atoms with E-state index < -0.39 is 11.9 Å². The molecule has 2 fully saturated rings. The van der Waals surface area contributed by atoms with Crippen LogP contribution in [0.25, 0.3) is 0 Å². The Labute approximate surface area is 180 Å². The van der Waals surface area contributed by atoms with Crippen LogP contribution in [0.1, 0.15) is 30.2 Å². The standard InChI is InChI=1S/C21H24F3N3O2.CH4O/c22-21(23,24)18-4-1-5-19(26-18)29-17-3-2-14-28-20(17)15-6-8-16(9-7-15)27-12-10-25-11-13-27;1-2/h1,4-9,17,20,25H,2-3,10-14H2;2H,1H3. The average molecular weight is 439 g/mol. The number of benzene rings is 1. The second-order valence-corrected chi connectivity index (χ2v) is 7.28. The van der Waals surface area contributed by atoms with E-state index >= 15 is 0 Å². The fourth-order valence-corrected chi connectivity index (χ4v) is 3.78. The summed E-state index contributed by atoms with van der Waals surface area (Å²) in [6, 6.07) is 11.9. The molecule has 1 aromatic carbocycles. The second kappa shape index (κ2) is 10.8. The molecule has 2 unspecified atom stereocenters. The third-order valence-corrected chi connectivity index (χ3v) is 5.26. The summed E-state index contributed by atoms with van der Waals surface area (Å²) in [4.78, 5) is 5.95. The van der Waals surface area contributed by atoms with E-state index in [1.54, 1.807) is 0 Å². The van der Waals surface area contributed by atoms with E-state index in [4.69, 9.17) is 14.6 Å². The second-order valence-electron chi connectivity index (χ2n) is 7.28. The van der Waals surface area contributed by atoms with Gasteiger partial charge in [0.1, 0.15) is 17.9 Å². The van der Waals surface area contributed by atoms with Gasteiger partial charge in [0.15, 0.2) is 0 Å². The Balaban J connectivity index is 0.00000132. The number of alkyl halides is 3. The van der Waals surface area contributed by atoms with E-state index in [0.717, 1.165) is 57.0 Å². The predicted molar refractivity (Wildman–Crippen MR) is 111 cm³/mol. The summed E-state index contributed by atoms with van der Waals surface area (Å²) in [5.74, 6) is -0.0299. The molecule has 0 radical (unpaired) electrons. The molecule has 0 amide bonds. The van der Waals surface area contributed by atoms with Gasteiger partial charge in [0, 0.05) is 51.6 Å². The van der Waals surface area contributed by atoms with Crippen molar-refractivity contribution in [1.82, 2.24) is 10.3 Å². The highest BCUT2D eigenvalue weighted by molar-refractivity contribution is 5.48. The number of aromatic nitrogens is 1. The zero-order valence-electron chi connectivity index (χ0n) is 17.4. The molecule has 2 aliphatic rings. The van der Waals surface area contributed by atoms with Crippen molar-refractivity contribution in [3.05, 3.63) is 53.7 Å². The van der Waals surface area contributed by atoms with Gasteiger partial charge in [-0.25, -0.2) is 4.98 Å². The molecular weight excluding hydrogens is 411 g/mol. The topological polar surface area (TPSA) is 66.8 Å². The summed E-state index contributed by atoms with van der Waals surface area (Å²) >= 11 is 0. The fraction of sp³-hybridized carbons (Fsp3) is 0.500. The van der Waals surface area contributed by atoms with Gasteiger partial charge < -0.3 is 24.8 Å². The Bertz CT molecular complexity index is 812. The van der Waals surface area contributed by atoms with Crippen molar-refractivity contribution in [3.8, 4) is 5.88 Å². The Kier molecular flexibility index (Phi) is 8.11. The van der Waals surface area contributed by atoms with Crippen LogP contribution in [0.5, 0.6) is 5.88 Å². The Morgan fingerprint density at radius 3 is 2.48 bits per heavy atom. The van der Waals surface area contributed by atoms with Crippen molar-refractivity contribution in [2.75, 3.05) is 44.8 Å². The van der Waals surface area contributed by atoms with Crippen molar-refractivity contribution in [2.24, 2.45) is 0 Å². The van der Waals surface area contributed by atoms with Crippen molar-refractivity contribution in [3.63, 3.8) is 0 Å². The van der Waals surface area contributed by atoms with Crippen LogP contribution in [-0.2, 0) is 10.9 Å². The van der Waals surface area contributed by atoms with Crippen molar-refractivity contribution in [1.29, 1.82) is 0 Å². The molecule has 0 bridgehead atoms. The van der Waals surface area contributed by atoms with Gasteiger partial charge in [-0.1, -0.05) is 18.2 Å². The van der Waals surface area contributed by atoms with E-state index in [2.05, 4.69) is 27.3 Å². The molecule has 2 aliphatic heterocycles. The van der Waals surface area contributed by atoms with Crippen LogP contribution in [0, 0.1) is 0 Å². The summed E-state index contributed by atoms with van der Waals surface area (Å²) < 4.78 is 50.6. The third kappa shape index (κ3) is 6.09. The molecule has 6 nitrogen and oxygen atoms in total. The lowest BCUT2D eigenvalue weighted by Crippen LogP contribution is -2.43. The summed E-state index contributed by atoms with van der Waals surface area (Å²) in [6.07, 6.45) is -3.73. The van der Waals surface area contributed by atoms with Crippen molar-refractivity contribution in [2.45, 2.75) is 31.2 Å². The van der Waals surface area contributed by atoms with Gasteiger partial charge >= 0.3 is 6.18 Å². The Morgan fingerprint density at radius 1 is 1.10 bits per heavy atom. The number of rotatable bonds is 4. The first kappa shape index (κ1) is 23.3. The maximum atomic E-state index is 12.9. The molecule has 1 aromatic heterocycles. The van der Waals surface area contributed by atoms with Crippen LogP contribution in [0.15, 0.2) is 42.5 Å². The summed E-state index contributed by atoms with van der Waals surface area (Å²) in [5.41, 5.74) is 1.16. The van der Waals surface area contributed by atoms with E-state index in [1.165, 1.54) is 12.1 Å². The SMILES string of the molecule is CO.FC(F)(F)c1cccc(OC2CCCOC2c2ccc(N3CCNCC3)cc2)n1. The molecule has 4 rings (SSSR count). The lowest BCUT2D eigenvalue weighted by molar-refractivity contribution is -0.141. The molecule has 170 valence electrons. The van der Waals surface area contributed by atoms with Crippen molar-refractivity contribution >= 4 is 5.69 Å². The molecule has 2 atom stereocenters. The third-order valence-electron chi connectivity index (χ3n) is 5.26. The van der Waals surface area contributed by atoms with Gasteiger partial charge in [0.25, 0.3) is 0 Å². The van der Waals surface area contributed by atoms with Gasteiger partial charge in [0.05, 0.1) is 0 Å². The van der Waals surface area contributed by atoms with Crippen LogP contribution in [0.2, 0.25) is 0 Å².